The van der Waals surface area contributed by atoms with Crippen molar-refractivity contribution in [3.63, 3.8) is 0 Å². The highest BCUT2D eigenvalue weighted by Gasteiger charge is 2.36. The van der Waals surface area contributed by atoms with E-state index in [1.54, 1.807) is 13.2 Å². The number of benzene rings is 2. The van der Waals surface area contributed by atoms with Gasteiger partial charge in [-0.3, -0.25) is 19.3 Å². The fourth-order valence-corrected chi connectivity index (χ4v) is 2.82. The number of hydrogen-bond acceptors (Lipinski definition) is 4. The highest BCUT2D eigenvalue weighted by molar-refractivity contribution is 6.32. The highest BCUT2D eigenvalue weighted by atomic mass is 35.5. The molecule has 1 heterocycles. The Labute approximate surface area is 149 Å². The summed E-state index contributed by atoms with van der Waals surface area (Å²) < 4.78 is 5.22. The average molecular weight is 359 g/mol. The van der Waals surface area contributed by atoms with Crippen LogP contribution in [0.3, 0.4) is 0 Å². The van der Waals surface area contributed by atoms with Crippen molar-refractivity contribution in [2.75, 3.05) is 13.7 Å². The molecule has 0 atom stereocenters. The molecule has 1 N–H and O–H groups in total. The molecule has 2 aromatic rings. The smallest absolute Gasteiger partial charge is 0.262 e. The fourth-order valence-electron chi connectivity index (χ4n) is 2.65. The molecule has 0 spiro atoms. The summed E-state index contributed by atoms with van der Waals surface area (Å²) in [5.41, 5.74) is 1.27. The number of ether oxygens (including phenoxy) is 1. The Kier molecular flexibility index (Phi) is 4.72. The standard InChI is InChI=1S/C18H15ClN2O4/c1-25-15-5-3-2-4-11(15)9-20-16(22)10-21-17(23)13-7-6-12(19)8-14(13)18(21)24/h2-8H,9-10H2,1H3,(H,20,22). The molecular formula is C18H15ClN2O4. The van der Waals surface area contributed by atoms with Gasteiger partial charge in [-0.25, -0.2) is 0 Å². The maximum absolute atomic E-state index is 12.3. The van der Waals surface area contributed by atoms with E-state index in [-0.39, 0.29) is 24.2 Å². The van der Waals surface area contributed by atoms with Gasteiger partial charge >= 0.3 is 0 Å². The van der Waals surface area contributed by atoms with E-state index in [9.17, 15) is 14.4 Å². The van der Waals surface area contributed by atoms with Gasteiger partial charge in [-0.05, 0) is 24.3 Å². The Morgan fingerprint density at radius 2 is 1.84 bits per heavy atom. The third kappa shape index (κ3) is 3.34. The zero-order valence-electron chi connectivity index (χ0n) is 13.4. The number of carbonyl (C=O) groups excluding carboxylic acids is 3. The van der Waals surface area contributed by atoms with Gasteiger partial charge in [0.2, 0.25) is 5.91 Å². The predicted octanol–water partition coefficient (Wildman–Crippen LogP) is 2.26. The van der Waals surface area contributed by atoms with Crippen molar-refractivity contribution in [3.05, 3.63) is 64.2 Å². The van der Waals surface area contributed by atoms with E-state index in [1.165, 1.54) is 18.2 Å². The van der Waals surface area contributed by atoms with Crippen LogP contribution in [0.1, 0.15) is 26.3 Å². The summed E-state index contributed by atoms with van der Waals surface area (Å²) in [6, 6.07) is 11.7. The lowest BCUT2D eigenvalue weighted by Crippen LogP contribution is -2.40. The molecule has 2 aromatic carbocycles. The Bertz CT molecular complexity index is 866. The van der Waals surface area contributed by atoms with E-state index in [0.29, 0.717) is 10.8 Å². The minimum Gasteiger partial charge on any atom is -0.496 e. The van der Waals surface area contributed by atoms with Crippen LogP contribution in [0.2, 0.25) is 5.02 Å². The summed E-state index contributed by atoms with van der Waals surface area (Å²) in [4.78, 5) is 37.7. The second kappa shape index (κ2) is 6.94. The molecule has 6 nitrogen and oxygen atoms in total. The van der Waals surface area contributed by atoms with Crippen LogP contribution in [0.25, 0.3) is 0 Å². The van der Waals surface area contributed by atoms with Crippen molar-refractivity contribution in [3.8, 4) is 5.75 Å². The van der Waals surface area contributed by atoms with Gasteiger partial charge < -0.3 is 10.1 Å². The van der Waals surface area contributed by atoms with Crippen LogP contribution >= 0.6 is 11.6 Å². The summed E-state index contributed by atoms with van der Waals surface area (Å²) >= 11 is 5.86. The Morgan fingerprint density at radius 1 is 1.12 bits per heavy atom. The number of nitrogens with one attached hydrogen (secondary N) is 1. The zero-order valence-corrected chi connectivity index (χ0v) is 14.2. The number of nitrogens with zero attached hydrogens (tertiary/aromatic N) is 1. The molecule has 1 aliphatic heterocycles. The molecule has 0 saturated carbocycles. The molecule has 0 aliphatic carbocycles. The average Bonchev–Trinajstić information content (AvgIpc) is 2.84. The van der Waals surface area contributed by atoms with Crippen LogP contribution in [-0.4, -0.2) is 36.3 Å². The lowest BCUT2D eigenvalue weighted by atomic mass is 10.1. The first kappa shape index (κ1) is 17.0. The van der Waals surface area contributed by atoms with Gasteiger partial charge in [-0.1, -0.05) is 29.8 Å². The van der Waals surface area contributed by atoms with Crippen molar-refractivity contribution >= 4 is 29.3 Å². The third-order valence-corrected chi connectivity index (χ3v) is 4.14. The Morgan fingerprint density at radius 3 is 2.60 bits per heavy atom. The number of hydrogen-bond donors (Lipinski definition) is 1. The molecular weight excluding hydrogens is 344 g/mol. The Balaban J connectivity index is 1.66. The number of methoxy groups -OCH3 is 1. The molecule has 3 rings (SSSR count). The number of carbonyl (C=O) groups is 3. The first-order valence-electron chi connectivity index (χ1n) is 7.55. The number of amides is 3. The summed E-state index contributed by atoms with van der Waals surface area (Å²) in [6.45, 7) is -0.114. The second-order valence-corrected chi connectivity index (χ2v) is 5.91. The lowest BCUT2D eigenvalue weighted by molar-refractivity contribution is -0.121. The maximum atomic E-state index is 12.3. The molecule has 0 aromatic heterocycles. The van der Waals surface area contributed by atoms with Crippen LogP contribution in [0.5, 0.6) is 5.75 Å². The van der Waals surface area contributed by atoms with Crippen LogP contribution in [0.15, 0.2) is 42.5 Å². The van der Waals surface area contributed by atoms with E-state index >= 15 is 0 Å². The van der Waals surface area contributed by atoms with Gasteiger partial charge in [0.1, 0.15) is 12.3 Å². The van der Waals surface area contributed by atoms with E-state index < -0.39 is 17.7 Å². The van der Waals surface area contributed by atoms with Crippen molar-refractivity contribution in [1.29, 1.82) is 0 Å². The van der Waals surface area contributed by atoms with Crippen LogP contribution in [0, 0.1) is 0 Å². The molecule has 0 bridgehead atoms. The molecule has 0 fully saturated rings. The molecule has 3 amide bonds. The number of para-hydroxylation sites is 1. The molecule has 0 saturated heterocycles. The van der Waals surface area contributed by atoms with E-state index in [0.717, 1.165) is 10.5 Å². The third-order valence-electron chi connectivity index (χ3n) is 3.90. The van der Waals surface area contributed by atoms with Crippen LogP contribution in [-0.2, 0) is 11.3 Å². The molecule has 0 radical (unpaired) electrons. The molecule has 7 heteroatoms. The van der Waals surface area contributed by atoms with Gasteiger partial charge in [-0.2, -0.15) is 0 Å². The minimum atomic E-state index is -0.519. The number of rotatable bonds is 5. The van der Waals surface area contributed by atoms with Crippen molar-refractivity contribution in [2.45, 2.75) is 6.54 Å². The van der Waals surface area contributed by atoms with Crippen molar-refractivity contribution in [1.82, 2.24) is 10.2 Å². The van der Waals surface area contributed by atoms with Crippen molar-refractivity contribution in [2.24, 2.45) is 0 Å². The number of halogens is 1. The maximum Gasteiger partial charge on any atom is 0.262 e. The minimum absolute atomic E-state index is 0.218. The molecule has 25 heavy (non-hydrogen) atoms. The predicted molar refractivity (Wildman–Crippen MR) is 91.7 cm³/mol. The quantitative estimate of drug-likeness (QED) is 0.832. The second-order valence-electron chi connectivity index (χ2n) is 5.47. The summed E-state index contributed by atoms with van der Waals surface area (Å²) in [6.07, 6.45) is 0. The van der Waals surface area contributed by atoms with Crippen molar-refractivity contribution < 1.29 is 19.1 Å². The van der Waals surface area contributed by atoms with E-state index in [4.69, 9.17) is 16.3 Å². The normalized spacial score (nSPS) is 13.0. The topological polar surface area (TPSA) is 75.7 Å². The number of fused-ring (bicyclic) bond motifs is 1. The first-order valence-corrected chi connectivity index (χ1v) is 7.93. The van der Waals surface area contributed by atoms with Gasteiger partial charge in [-0.15, -0.1) is 0 Å². The molecule has 1 aliphatic rings. The van der Waals surface area contributed by atoms with Gasteiger partial charge in [0.05, 0.1) is 18.2 Å². The van der Waals surface area contributed by atoms with E-state index in [2.05, 4.69) is 5.32 Å². The lowest BCUT2D eigenvalue weighted by Gasteiger charge is -2.14. The fraction of sp³-hybridized carbons (Fsp3) is 0.167. The highest BCUT2D eigenvalue weighted by Crippen LogP contribution is 2.25. The largest absolute Gasteiger partial charge is 0.496 e. The zero-order chi connectivity index (χ0) is 18.0. The van der Waals surface area contributed by atoms with Gasteiger partial charge in [0.15, 0.2) is 0 Å². The monoisotopic (exact) mass is 358 g/mol. The van der Waals surface area contributed by atoms with Crippen LogP contribution < -0.4 is 10.1 Å². The Hall–Kier alpha value is -2.86. The molecule has 0 unspecified atom stereocenters. The summed E-state index contributed by atoms with van der Waals surface area (Å²) in [5, 5.41) is 3.05. The molecule has 128 valence electrons. The first-order chi connectivity index (χ1) is 12.0. The van der Waals surface area contributed by atoms with E-state index in [1.807, 2.05) is 18.2 Å². The summed E-state index contributed by atoms with van der Waals surface area (Å²) in [7, 11) is 1.55. The summed E-state index contributed by atoms with van der Waals surface area (Å²) in [5.74, 6) is -0.802. The number of imide groups is 1. The van der Waals surface area contributed by atoms with Gasteiger partial charge in [0, 0.05) is 17.1 Å². The van der Waals surface area contributed by atoms with Gasteiger partial charge in [0.25, 0.3) is 11.8 Å². The SMILES string of the molecule is COc1ccccc1CNC(=O)CN1C(=O)c2ccc(Cl)cc2C1=O. The van der Waals surface area contributed by atoms with Crippen LogP contribution in [0.4, 0.5) is 0 Å².